The quantitative estimate of drug-likeness (QED) is 0.369. The average Bonchev–Trinajstić information content (AvgIpc) is 3.31. The molecular formula is C28H24N2O. The molecule has 5 rings (SSSR count). The molecule has 3 heteroatoms. The molecule has 1 atom stereocenters. The van der Waals surface area contributed by atoms with Crippen LogP contribution in [0, 0.1) is 0 Å². The van der Waals surface area contributed by atoms with E-state index in [0.29, 0.717) is 0 Å². The molecule has 0 saturated heterocycles. The highest BCUT2D eigenvalue weighted by atomic mass is 16.5. The third kappa shape index (κ3) is 3.95. The van der Waals surface area contributed by atoms with Gasteiger partial charge in [-0.1, -0.05) is 84.9 Å². The summed E-state index contributed by atoms with van der Waals surface area (Å²) in [5.74, 6) is 0.866. The molecule has 0 unspecified atom stereocenters. The Kier molecular flexibility index (Phi) is 5.24. The first-order valence-electron chi connectivity index (χ1n) is 10.5. The van der Waals surface area contributed by atoms with Crippen LogP contribution in [0.25, 0.3) is 11.1 Å². The third-order valence-corrected chi connectivity index (χ3v) is 5.76. The van der Waals surface area contributed by atoms with E-state index < -0.39 is 0 Å². The van der Waals surface area contributed by atoms with Gasteiger partial charge in [0, 0.05) is 6.42 Å². The maximum absolute atomic E-state index is 5.34. The average molecular weight is 405 g/mol. The fourth-order valence-corrected chi connectivity index (χ4v) is 4.07. The van der Waals surface area contributed by atoms with Gasteiger partial charge >= 0.3 is 0 Å². The van der Waals surface area contributed by atoms with Crippen LogP contribution in [0.4, 0.5) is 5.69 Å². The summed E-state index contributed by atoms with van der Waals surface area (Å²) in [7, 11) is 1.70. The molecule has 0 saturated carbocycles. The van der Waals surface area contributed by atoms with E-state index in [1.807, 2.05) is 24.3 Å². The lowest BCUT2D eigenvalue weighted by molar-refractivity contribution is 0.414. The summed E-state index contributed by atoms with van der Waals surface area (Å²) >= 11 is 0. The predicted octanol–water partition coefficient (Wildman–Crippen LogP) is 6.72. The largest absolute Gasteiger partial charge is 0.497 e. The van der Waals surface area contributed by atoms with Crippen molar-refractivity contribution in [3.8, 4) is 16.9 Å². The van der Waals surface area contributed by atoms with Gasteiger partial charge in [0.05, 0.1) is 24.6 Å². The number of methoxy groups -OCH3 is 1. The molecule has 1 heterocycles. The van der Waals surface area contributed by atoms with Gasteiger partial charge in [-0.2, -0.15) is 5.10 Å². The molecule has 0 bridgehead atoms. The highest BCUT2D eigenvalue weighted by Gasteiger charge is 2.29. The number of benzene rings is 4. The van der Waals surface area contributed by atoms with Crippen molar-refractivity contribution >= 4 is 11.4 Å². The normalized spacial score (nSPS) is 15.6. The smallest absolute Gasteiger partial charge is 0.118 e. The SMILES string of the molecule is COc1ccc([C@H]2CC(c3ccc(-c4ccccc4)cc3)=NN2c2ccccc2)cc1. The van der Waals surface area contributed by atoms with Gasteiger partial charge in [-0.05, 0) is 46.5 Å². The van der Waals surface area contributed by atoms with E-state index in [1.54, 1.807) is 7.11 Å². The summed E-state index contributed by atoms with van der Waals surface area (Å²) in [6.45, 7) is 0. The second-order valence-electron chi connectivity index (χ2n) is 7.66. The summed E-state index contributed by atoms with van der Waals surface area (Å²) in [5.41, 5.74) is 7.03. The van der Waals surface area contributed by atoms with Crippen LogP contribution in [0.1, 0.15) is 23.6 Å². The van der Waals surface area contributed by atoms with Crippen molar-refractivity contribution in [2.75, 3.05) is 12.1 Å². The minimum Gasteiger partial charge on any atom is -0.497 e. The summed E-state index contributed by atoms with van der Waals surface area (Å²) in [6.07, 6.45) is 0.853. The summed E-state index contributed by atoms with van der Waals surface area (Å²) < 4.78 is 5.34. The van der Waals surface area contributed by atoms with Crippen molar-refractivity contribution in [1.29, 1.82) is 0 Å². The highest BCUT2D eigenvalue weighted by Crippen LogP contribution is 2.37. The summed E-state index contributed by atoms with van der Waals surface area (Å²) in [6, 6.07) is 38.0. The highest BCUT2D eigenvalue weighted by molar-refractivity contribution is 6.03. The van der Waals surface area contributed by atoms with Crippen LogP contribution >= 0.6 is 0 Å². The molecule has 0 spiro atoms. The molecule has 1 aliphatic rings. The summed E-state index contributed by atoms with van der Waals surface area (Å²) in [5, 5.41) is 7.19. The van der Waals surface area contributed by atoms with Crippen LogP contribution in [0.3, 0.4) is 0 Å². The number of hydrogen-bond acceptors (Lipinski definition) is 3. The Morgan fingerprint density at radius 3 is 1.90 bits per heavy atom. The summed E-state index contributed by atoms with van der Waals surface area (Å²) in [4.78, 5) is 0. The van der Waals surface area contributed by atoms with Crippen molar-refractivity contribution in [3.63, 3.8) is 0 Å². The molecule has 4 aromatic carbocycles. The van der Waals surface area contributed by atoms with E-state index >= 15 is 0 Å². The third-order valence-electron chi connectivity index (χ3n) is 5.76. The van der Waals surface area contributed by atoms with Crippen LogP contribution in [0.15, 0.2) is 114 Å². The van der Waals surface area contributed by atoms with E-state index in [0.717, 1.165) is 29.1 Å². The van der Waals surface area contributed by atoms with Crippen LogP contribution < -0.4 is 9.75 Å². The number of para-hydroxylation sites is 1. The van der Waals surface area contributed by atoms with Gasteiger partial charge < -0.3 is 4.74 Å². The zero-order valence-corrected chi connectivity index (χ0v) is 17.5. The van der Waals surface area contributed by atoms with Crippen LogP contribution in [0.2, 0.25) is 0 Å². The Labute approximate surface area is 183 Å². The van der Waals surface area contributed by atoms with E-state index in [-0.39, 0.29) is 6.04 Å². The van der Waals surface area contributed by atoms with Crippen LogP contribution in [-0.2, 0) is 0 Å². The first-order valence-corrected chi connectivity index (χ1v) is 10.5. The lowest BCUT2D eigenvalue weighted by Gasteiger charge is -2.24. The Morgan fingerprint density at radius 2 is 1.26 bits per heavy atom. The second kappa shape index (κ2) is 8.49. The molecule has 3 nitrogen and oxygen atoms in total. The Balaban J connectivity index is 1.47. The number of ether oxygens (including phenoxy) is 1. The van der Waals surface area contributed by atoms with E-state index in [2.05, 4.69) is 89.9 Å². The van der Waals surface area contributed by atoms with Gasteiger partial charge in [0.1, 0.15) is 5.75 Å². The van der Waals surface area contributed by atoms with Gasteiger partial charge in [0.15, 0.2) is 0 Å². The van der Waals surface area contributed by atoms with E-state index in [9.17, 15) is 0 Å². The first-order chi connectivity index (χ1) is 15.3. The Morgan fingerprint density at radius 1 is 0.677 bits per heavy atom. The van der Waals surface area contributed by atoms with Gasteiger partial charge in [0.25, 0.3) is 0 Å². The minimum absolute atomic E-state index is 0.150. The maximum atomic E-state index is 5.34. The Hall–Kier alpha value is -3.85. The number of hydrazone groups is 1. The van der Waals surface area contributed by atoms with Crippen LogP contribution in [0.5, 0.6) is 5.75 Å². The second-order valence-corrected chi connectivity index (χ2v) is 7.66. The molecule has 4 aromatic rings. The molecule has 0 aliphatic carbocycles. The van der Waals surface area contributed by atoms with Crippen molar-refractivity contribution in [2.24, 2.45) is 5.10 Å². The van der Waals surface area contributed by atoms with E-state index in [1.165, 1.54) is 16.7 Å². The number of nitrogens with zero attached hydrogens (tertiary/aromatic N) is 2. The standard InChI is InChI=1S/C28H24N2O/c1-31-26-18-16-24(17-19-26)28-20-27(29-30(28)25-10-6-3-7-11-25)23-14-12-22(13-15-23)21-8-4-2-5-9-21/h2-19,28H,20H2,1H3/t28-/m1/s1. The number of hydrogen-bond donors (Lipinski definition) is 0. The van der Waals surface area contributed by atoms with Gasteiger partial charge in [0.2, 0.25) is 0 Å². The lowest BCUT2D eigenvalue weighted by atomic mass is 9.96. The zero-order valence-electron chi connectivity index (χ0n) is 17.5. The minimum atomic E-state index is 0.150. The molecule has 1 aliphatic heterocycles. The fraction of sp³-hybridized carbons (Fsp3) is 0.107. The first kappa shape index (κ1) is 19.1. The molecule has 0 aromatic heterocycles. The van der Waals surface area contributed by atoms with Gasteiger partial charge in [-0.25, -0.2) is 0 Å². The van der Waals surface area contributed by atoms with Gasteiger partial charge in [-0.15, -0.1) is 0 Å². The molecule has 31 heavy (non-hydrogen) atoms. The Bertz CT molecular complexity index is 1170. The molecule has 0 N–H and O–H groups in total. The molecule has 0 amide bonds. The zero-order chi connectivity index (χ0) is 21.0. The van der Waals surface area contributed by atoms with E-state index in [4.69, 9.17) is 9.84 Å². The van der Waals surface area contributed by atoms with Crippen molar-refractivity contribution in [1.82, 2.24) is 0 Å². The van der Waals surface area contributed by atoms with Crippen molar-refractivity contribution in [3.05, 3.63) is 120 Å². The molecule has 0 radical (unpaired) electrons. The van der Waals surface area contributed by atoms with Crippen molar-refractivity contribution < 1.29 is 4.74 Å². The fourth-order valence-electron chi connectivity index (χ4n) is 4.07. The topological polar surface area (TPSA) is 24.8 Å². The monoisotopic (exact) mass is 404 g/mol. The number of anilines is 1. The van der Waals surface area contributed by atoms with Gasteiger partial charge in [-0.3, -0.25) is 5.01 Å². The van der Waals surface area contributed by atoms with Crippen LogP contribution in [-0.4, -0.2) is 12.8 Å². The molecule has 0 fully saturated rings. The molecule has 152 valence electrons. The predicted molar refractivity (Wildman–Crippen MR) is 128 cm³/mol. The lowest BCUT2D eigenvalue weighted by Crippen LogP contribution is -2.18. The number of rotatable bonds is 5. The van der Waals surface area contributed by atoms with Crippen molar-refractivity contribution in [2.45, 2.75) is 12.5 Å². The molecular weight excluding hydrogens is 380 g/mol. The maximum Gasteiger partial charge on any atom is 0.118 e.